The number of hydrogen-bond donors (Lipinski definition) is 1. The number of hydrogen-bond acceptors (Lipinski definition) is 5. The van der Waals surface area contributed by atoms with E-state index in [1.54, 1.807) is 23.1 Å². The van der Waals surface area contributed by atoms with Crippen LogP contribution in [0.5, 0.6) is 0 Å². The molecule has 1 saturated heterocycles. The van der Waals surface area contributed by atoms with Crippen LogP contribution in [0.4, 0.5) is 17.6 Å². The fraction of sp³-hybridized carbons (Fsp3) is 0.269. The van der Waals surface area contributed by atoms with Crippen LogP contribution >= 0.6 is 11.6 Å². The summed E-state index contributed by atoms with van der Waals surface area (Å²) < 4.78 is 53.8. The number of likely N-dealkylation sites (tertiary alicyclic amines) is 1. The second kappa shape index (κ2) is 10.3. The van der Waals surface area contributed by atoms with Crippen LogP contribution in [0, 0.1) is 5.82 Å². The first kappa shape index (κ1) is 26.5. The number of aryl methyl sites for hydroxylation is 1. The number of halogens is 5. The van der Waals surface area contributed by atoms with Crippen LogP contribution in [0.1, 0.15) is 44.4 Å². The summed E-state index contributed by atoms with van der Waals surface area (Å²) in [5.74, 6) is -1.98. The quantitative estimate of drug-likeness (QED) is 0.368. The first-order valence-electron chi connectivity index (χ1n) is 11.9. The maximum absolute atomic E-state index is 13.7. The van der Waals surface area contributed by atoms with E-state index in [9.17, 15) is 27.2 Å². The first-order chi connectivity index (χ1) is 18.5. The average Bonchev–Trinajstić information content (AvgIpc) is 3.31. The summed E-state index contributed by atoms with van der Waals surface area (Å²) in [5, 5.41) is 6.47. The molecule has 3 heterocycles. The van der Waals surface area contributed by atoms with Crippen LogP contribution in [0.3, 0.4) is 0 Å². The molecule has 1 fully saturated rings. The number of nitrogens with zero attached hydrogens (tertiary/aromatic N) is 5. The van der Waals surface area contributed by atoms with Gasteiger partial charge in [0, 0.05) is 56.1 Å². The number of alkyl halides is 3. The monoisotopic (exact) mass is 560 g/mol. The molecule has 2 atom stereocenters. The molecule has 1 aliphatic heterocycles. The number of piperidine rings is 1. The first-order valence-corrected chi connectivity index (χ1v) is 12.3. The third-order valence-corrected chi connectivity index (χ3v) is 6.98. The molecule has 2 amide bonds. The van der Waals surface area contributed by atoms with Crippen molar-refractivity contribution in [2.24, 2.45) is 7.05 Å². The lowest BCUT2D eigenvalue weighted by Crippen LogP contribution is -2.51. The van der Waals surface area contributed by atoms with E-state index in [1.165, 1.54) is 37.6 Å². The highest BCUT2D eigenvalue weighted by Crippen LogP contribution is 2.31. The van der Waals surface area contributed by atoms with E-state index in [0.717, 1.165) is 4.68 Å². The van der Waals surface area contributed by atoms with Gasteiger partial charge in [0.15, 0.2) is 5.69 Å². The summed E-state index contributed by atoms with van der Waals surface area (Å²) in [6, 6.07) is 8.90. The molecule has 0 saturated carbocycles. The standard InChI is InChI=1S/C26H21ClF4N6O2/c1-36-21(12-22(35-36)26(29,30)31)24(38)34-19-6-9-37(13-17(19)14-2-4-16(28)5-3-14)25(39)15-10-18(27)23-20(11-15)32-7-8-33-23/h2-5,7-8,10-12,17,19H,6,9,13H2,1H3,(H,34,38)/t17-,19+/m1/s1. The van der Waals surface area contributed by atoms with Gasteiger partial charge in [0.05, 0.1) is 10.5 Å². The van der Waals surface area contributed by atoms with Crippen LogP contribution in [-0.4, -0.2) is 55.6 Å². The molecular weight excluding hydrogens is 540 g/mol. The van der Waals surface area contributed by atoms with Crippen molar-refractivity contribution < 1.29 is 27.2 Å². The molecule has 0 radical (unpaired) electrons. The van der Waals surface area contributed by atoms with Gasteiger partial charge in [-0.3, -0.25) is 24.2 Å². The molecule has 1 aliphatic rings. The van der Waals surface area contributed by atoms with Gasteiger partial charge in [0.2, 0.25) is 0 Å². The molecule has 8 nitrogen and oxygen atoms in total. The number of benzene rings is 2. The van der Waals surface area contributed by atoms with Crippen molar-refractivity contribution in [3.63, 3.8) is 0 Å². The zero-order valence-corrected chi connectivity index (χ0v) is 21.2. The Bertz CT molecular complexity index is 1560. The molecule has 2 aromatic carbocycles. The van der Waals surface area contributed by atoms with Gasteiger partial charge < -0.3 is 10.2 Å². The van der Waals surface area contributed by atoms with Gasteiger partial charge in [-0.25, -0.2) is 4.39 Å². The Morgan fingerprint density at radius 2 is 1.79 bits per heavy atom. The van der Waals surface area contributed by atoms with Crippen molar-refractivity contribution in [2.45, 2.75) is 24.6 Å². The molecule has 1 N–H and O–H groups in total. The Morgan fingerprint density at radius 3 is 2.49 bits per heavy atom. The molecule has 0 spiro atoms. The summed E-state index contributed by atoms with van der Waals surface area (Å²) >= 11 is 6.33. The second-order valence-corrected chi connectivity index (χ2v) is 9.60. The third kappa shape index (κ3) is 5.42. The van der Waals surface area contributed by atoms with Crippen molar-refractivity contribution in [3.05, 3.63) is 88.2 Å². The number of amides is 2. The van der Waals surface area contributed by atoms with E-state index in [2.05, 4.69) is 20.4 Å². The number of nitrogens with one attached hydrogen (secondary N) is 1. The van der Waals surface area contributed by atoms with E-state index >= 15 is 0 Å². The average molecular weight is 561 g/mol. The second-order valence-electron chi connectivity index (χ2n) is 9.20. The minimum Gasteiger partial charge on any atom is -0.347 e. The minimum absolute atomic E-state index is 0.157. The highest BCUT2D eigenvalue weighted by atomic mass is 35.5. The van der Waals surface area contributed by atoms with Crippen molar-refractivity contribution in [3.8, 4) is 0 Å². The van der Waals surface area contributed by atoms with E-state index in [-0.39, 0.29) is 29.7 Å². The molecule has 202 valence electrons. The third-order valence-electron chi connectivity index (χ3n) is 6.69. The molecular formula is C26H21ClF4N6O2. The number of carbonyl (C=O) groups is 2. The summed E-state index contributed by atoms with van der Waals surface area (Å²) in [7, 11) is 1.25. The summed E-state index contributed by atoms with van der Waals surface area (Å²) in [6.07, 6.45) is -1.41. The Kier molecular flexibility index (Phi) is 6.98. The minimum atomic E-state index is -4.70. The van der Waals surface area contributed by atoms with Gasteiger partial charge in [-0.05, 0) is 36.2 Å². The zero-order chi connectivity index (χ0) is 27.9. The fourth-order valence-corrected chi connectivity index (χ4v) is 5.02. The molecule has 4 aromatic rings. The van der Waals surface area contributed by atoms with Crippen molar-refractivity contribution in [1.82, 2.24) is 30.0 Å². The zero-order valence-electron chi connectivity index (χ0n) is 20.4. The smallest absolute Gasteiger partial charge is 0.347 e. The Labute approximate surface area is 224 Å². The van der Waals surface area contributed by atoms with E-state index in [0.29, 0.717) is 34.6 Å². The number of fused-ring (bicyclic) bond motifs is 1. The van der Waals surface area contributed by atoms with Gasteiger partial charge in [-0.2, -0.15) is 18.3 Å². The van der Waals surface area contributed by atoms with Crippen molar-refractivity contribution in [2.75, 3.05) is 13.1 Å². The lowest BCUT2D eigenvalue weighted by molar-refractivity contribution is -0.141. The lowest BCUT2D eigenvalue weighted by atomic mass is 9.85. The molecule has 0 unspecified atom stereocenters. The number of aromatic nitrogens is 4. The Balaban J connectivity index is 1.41. The van der Waals surface area contributed by atoms with Crippen LogP contribution < -0.4 is 5.32 Å². The maximum atomic E-state index is 13.7. The summed E-state index contributed by atoms with van der Waals surface area (Å²) in [6.45, 7) is 0.404. The SMILES string of the molecule is Cn1nc(C(F)(F)F)cc1C(=O)N[C@H]1CCN(C(=O)c2cc(Cl)c3nccnc3c2)C[C@@H]1c1ccc(F)cc1. The van der Waals surface area contributed by atoms with E-state index in [1.807, 2.05) is 0 Å². The Hall–Kier alpha value is -4.06. The lowest BCUT2D eigenvalue weighted by Gasteiger charge is -2.39. The number of carbonyl (C=O) groups excluding carboxylic acids is 2. The normalized spacial score (nSPS) is 17.8. The predicted octanol–water partition coefficient (Wildman–Crippen LogP) is 4.60. The largest absolute Gasteiger partial charge is 0.435 e. The van der Waals surface area contributed by atoms with Gasteiger partial charge in [0.25, 0.3) is 11.8 Å². The van der Waals surface area contributed by atoms with Crippen LogP contribution in [0.15, 0.2) is 54.9 Å². The fourth-order valence-electron chi connectivity index (χ4n) is 4.76. The van der Waals surface area contributed by atoms with Gasteiger partial charge >= 0.3 is 6.18 Å². The Morgan fingerprint density at radius 1 is 1.08 bits per heavy atom. The summed E-state index contributed by atoms with van der Waals surface area (Å²) in [4.78, 5) is 36.5. The van der Waals surface area contributed by atoms with Crippen molar-refractivity contribution in [1.29, 1.82) is 0 Å². The van der Waals surface area contributed by atoms with E-state index < -0.39 is 35.6 Å². The number of rotatable bonds is 4. The molecule has 39 heavy (non-hydrogen) atoms. The maximum Gasteiger partial charge on any atom is 0.435 e. The van der Waals surface area contributed by atoms with Gasteiger partial charge in [0.1, 0.15) is 17.0 Å². The summed E-state index contributed by atoms with van der Waals surface area (Å²) in [5.41, 5.74) is 0.450. The van der Waals surface area contributed by atoms with Gasteiger partial charge in [-0.1, -0.05) is 23.7 Å². The van der Waals surface area contributed by atoms with E-state index in [4.69, 9.17) is 11.6 Å². The van der Waals surface area contributed by atoms with Crippen LogP contribution in [0.2, 0.25) is 5.02 Å². The highest BCUT2D eigenvalue weighted by molar-refractivity contribution is 6.35. The van der Waals surface area contributed by atoms with Crippen LogP contribution in [0.25, 0.3) is 11.0 Å². The van der Waals surface area contributed by atoms with Gasteiger partial charge in [-0.15, -0.1) is 0 Å². The van der Waals surface area contributed by atoms with Crippen LogP contribution in [-0.2, 0) is 13.2 Å². The predicted molar refractivity (Wildman–Crippen MR) is 134 cm³/mol. The highest BCUT2D eigenvalue weighted by Gasteiger charge is 2.37. The topological polar surface area (TPSA) is 93.0 Å². The molecule has 0 bridgehead atoms. The molecule has 5 rings (SSSR count). The molecule has 0 aliphatic carbocycles. The molecule has 2 aromatic heterocycles. The molecule has 13 heteroatoms. The van der Waals surface area contributed by atoms with Crippen molar-refractivity contribution >= 4 is 34.4 Å².